The number of carbonyl (C=O) groups is 1. The maximum atomic E-state index is 12.3. The first kappa shape index (κ1) is 19.6. The molecule has 2 aromatic rings. The lowest BCUT2D eigenvalue weighted by Gasteiger charge is -2.22. The molecule has 0 aromatic heterocycles. The number of hydrogen-bond donors (Lipinski definition) is 1. The van der Waals surface area contributed by atoms with Crippen LogP contribution in [0.3, 0.4) is 0 Å². The number of aryl methyl sites for hydroxylation is 2. The Hall–Kier alpha value is -1.76. The average molecular weight is 401 g/mol. The number of benzene rings is 2. The predicted octanol–water partition coefficient (Wildman–Crippen LogP) is 4.01. The number of halogens is 2. The third-order valence-corrected chi connectivity index (χ3v) is 5.19. The molecule has 25 heavy (non-hydrogen) atoms. The van der Waals surface area contributed by atoms with Gasteiger partial charge in [-0.25, -0.2) is 8.42 Å². The number of rotatable bonds is 5. The lowest BCUT2D eigenvalue weighted by molar-refractivity contribution is -0.114. The molecule has 0 spiro atoms. The summed E-state index contributed by atoms with van der Waals surface area (Å²) in [5, 5.41) is 3.35. The summed E-state index contributed by atoms with van der Waals surface area (Å²) in [6.07, 6.45) is 1.06. The number of carbonyl (C=O) groups excluding carboxylic acids is 1. The summed E-state index contributed by atoms with van der Waals surface area (Å²) in [7, 11) is -3.63. The summed E-state index contributed by atoms with van der Waals surface area (Å²) in [4.78, 5) is 12.3. The minimum Gasteiger partial charge on any atom is -0.324 e. The molecule has 1 amide bonds. The van der Waals surface area contributed by atoms with Gasteiger partial charge in [0.15, 0.2) is 0 Å². The molecule has 0 fully saturated rings. The van der Waals surface area contributed by atoms with E-state index in [-0.39, 0.29) is 6.54 Å². The molecule has 2 rings (SSSR count). The SMILES string of the molecule is Cc1ccc(N(CC(=O)Nc2cc(Cl)cc(Cl)c2)S(C)(=O)=O)cc1C. The summed E-state index contributed by atoms with van der Waals surface area (Å²) in [6.45, 7) is 3.46. The first-order valence-corrected chi connectivity index (χ1v) is 9.97. The molecule has 0 radical (unpaired) electrons. The second-order valence-corrected chi connectivity index (χ2v) is 8.52. The van der Waals surface area contributed by atoms with Gasteiger partial charge in [-0.05, 0) is 55.3 Å². The van der Waals surface area contributed by atoms with E-state index in [0.29, 0.717) is 21.4 Å². The fourth-order valence-electron chi connectivity index (χ4n) is 2.24. The van der Waals surface area contributed by atoms with Crippen LogP contribution in [0.1, 0.15) is 11.1 Å². The van der Waals surface area contributed by atoms with Gasteiger partial charge in [0.2, 0.25) is 15.9 Å². The molecule has 134 valence electrons. The molecule has 0 saturated heterocycles. The van der Waals surface area contributed by atoms with Crippen molar-refractivity contribution in [3.63, 3.8) is 0 Å². The smallest absolute Gasteiger partial charge is 0.245 e. The molecule has 0 unspecified atom stereocenters. The highest BCUT2D eigenvalue weighted by Crippen LogP contribution is 2.24. The Labute approximate surface area is 157 Å². The Morgan fingerprint density at radius 2 is 1.64 bits per heavy atom. The van der Waals surface area contributed by atoms with E-state index in [9.17, 15) is 13.2 Å². The van der Waals surface area contributed by atoms with Crippen LogP contribution >= 0.6 is 23.2 Å². The van der Waals surface area contributed by atoms with Crippen LogP contribution in [-0.2, 0) is 14.8 Å². The van der Waals surface area contributed by atoms with E-state index in [4.69, 9.17) is 23.2 Å². The maximum absolute atomic E-state index is 12.3. The fraction of sp³-hybridized carbons (Fsp3) is 0.235. The van der Waals surface area contributed by atoms with Crippen LogP contribution in [0, 0.1) is 13.8 Å². The monoisotopic (exact) mass is 400 g/mol. The van der Waals surface area contributed by atoms with E-state index in [1.165, 1.54) is 18.2 Å². The molecule has 8 heteroatoms. The van der Waals surface area contributed by atoms with Crippen LogP contribution in [0.4, 0.5) is 11.4 Å². The zero-order valence-electron chi connectivity index (χ0n) is 14.0. The summed E-state index contributed by atoms with van der Waals surface area (Å²) < 4.78 is 25.3. The van der Waals surface area contributed by atoms with Crippen LogP contribution in [0.5, 0.6) is 0 Å². The van der Waals surface area contributed by atoms with Gasteiger partial charge in [-0.3, -0.25) is 9.10 Å². The summed E-state index contributed by atoms with van der Waals surface area (Å²) in [6, 6.07) is 9.83. The third-order valence-electron chi connectivity index (χ3n) is 3.61. The van der Waals surface area contributed by atoms with E-state index in [1.54, 1.807) is 12.1 Å². The van der Waals surface area contributed by atoms with Crippen molar-refractivity contribution in [2.45, 2.75) is 13.8 Å². The molecule has 1 N–H and O–H groups in total. The van der Waals surface area contributed by atoms with E-state index < -0.39 is 15.9 Å². The van der Waals surface area contributed by atoms with Crippen molar-refractivity contribution in [2.75, 3.05) is 22.4 Å². The number of nitrogens with zero attached hydrogens (tertiary/aromatic N) is 1. The van der Waals surface area contributed by atoms with Crippen LogP contribution < -0.4 is 9.62 Å². The molecule has 0 heterocycles. The number of nitrogens with one attached hydrogen (secondary N) is 1. The quantitative estimate of drug-likeness (QED) is 0.823. The van der Waals surface area contributed by atoms with E-state index in [2.05, 4.69) is 5.32 Å². The summed E-state index contributed by atoms with van der Waals surface area (Å²) in [5.41, 5.74) is 2.81. The van der Waals surface area contributed by atoms with Crippen molar-refractivity contribution in [3.8, 4) is 0 Å². The van der Waals surface area contributed by atoms with Gasteiger partial charge in [-0.1, -0.05) is 29.3 Å². The fourth-order valence-corrected chi connectivity index (χ4v) is 3.61. The Balaban J connectivity index is 2.25. The minimum atomic E-state index is -3.63. The number of sulfonamides is 1. The Morgan fingerprint density at radius 3 is 2.16 bits per heavy atom. The molecule has 0 aliphatic rings. The van der Waals surface area contributed by atoms with Crippen molar-refractivity contribution < 1.29 is 13.2 Å². The van der Waals surface area contributed by atoms with Crippen molar-refractivity contribution in [2.24, 2.45) is 0 Å². The topological polar surface area (TPSA) is 66.5 Å². The Kier molecular flexibility index (Phi) is 5.98. The summed E-state index contributed by atoms with van der Waals surface area (Å²) >= 11 is 11.8. The maximum Gasteiger partial charge on any atom is 0.245 e. The Morgan fingerprint density at radius 1 is 1.04 bits per heavy atom. The van der Waals surface area contributed by atoms with Crippen molar-refractivity contribution in [1.82, 2.24) is 0 Å². The van der Waals surface area contributed by atoms with Gasteiger partial charge in [0.1, 0.15) is 6.54 Å². The molecule has 0 aliphatic heterocycles. The van der Waals surface area contributed by atoms with Crippen LogP contribution in [0.15, 0.2) is 36.4 Å². The molecule has 2 aromatic carbocycles. The van der Waals surface area contributed by atoms with E-state index in [0.717, 1.165) is 21.7 Å². The van der Waals surface area contributed by atoms with Crippen molar-refractivity contribution in [3.05, 3.63) is 57.6 Å². The molecule has 0 bridgehead atoms. The van der Waals surface area contributed by atoms with Crippen molar-refractivity contribution >= 4 is 50.5 Å². The Bertz CT molecular complexity index is 894. The largest absolute Gasteiger partial charge is 0.324 e. The number of anilines is 2. The van der Waals surface area contributed by atoms with Crippen LogP contribution in [-0.4, -0.2) is 27.1 Å². The first-order chi connectivity index (χ1) is 11.6. The lowest BCUT2D eigenvalue weighted by Crippen LogP contribution is -2.37. The molecule has 0 saturated carbocycles. The van der Waals surface area contributed by atoms with Gasteiger partial charge in [-0.15, -0.1) is 0 Å². The molecule has 0 aliphatic carbocycles. The highest BCUT2D eigenvalue weighted by Gasteiger charge is 2.21. The molecular formula is C17H18Cl2N2O3S. The van der Waals surface area contributed by atoms with Crippen molar-refractivity contribution in [1.29, 1.82) is 0 Å². The normalized spacial score (nSPS) is 11.2. The number of hydrogen-bond acceptors (Lipinski definition) is 3. The van der Waals surface area contributed by atoms with Crippen LogP contribution in [0.25, 0.3) is 0 Å². The average Bonchev–Trinajstić information content (AvgIpc) is 2.45. The lowest BCUT2D eigenvalue weighted by atomic mass is 10.1. The zero-order chi connectivity index (χ0) is 18.8. The molecule has 5 nitrogen and oxygen atoms in total. The van der Waals surface area contributed by atoms with Crippen LogP contribution in [0.2, 0.25) is 10.0 Å². The van der Waals surface area contributed by atoms with Gasteiger partial charge >= 0.3 is 0 Å². The zero-order valence-corrected chi connectivity index (χ0v) is 16.3. The van der Waals surface area contributed by atoms with E-state index >= 15 is 0 Å². The van der Waals surface area contributed by atoms with Gasteiger partial charge in [0, 0.05) is 15.7 Å². The first-order valence-electron chi connectivity index (χ1n) is 7.37. The third kappa shape index (κ3) is 5.36. The van der Waals surface area contributed by atoms with Gasteiger partial charge in [0.05, 0.1) is 11.9 Å². The standard InChI is InChI=1S/C17H18Cl2N2O3S/c1-11-4-5-16(6-12(11)2)21(25(3,23)24)10-17(22)20-15-8-13(18)7-14(19)9-15/h4-9H,10H2,1-3H3,(H,20,22). The van der Waals surface area contributed by atoms with Gasteiger partial charge in [0.25, 0.3) is 0 Å². The highest BCUT2D eigenvalue weighted by molar-refractivity contribution is 7.92. The van der Waals surface area contributed by atoms with Gasteiger partial charge in [-0.2, -0.15) is 0 Å². The summed E-state index contributed by atoms with van der Waals surface area (Å²) in [5.74, 6) is -0.498. The predicted molar refractivity (Wildman–Crippen MR) is 103 cm³/mol. The second kappa shape index (κ2) is 7.64. The molecule has 0 atom stereocenters. The second-order valence-electron chi connectivity index (χ2n) is 5.74. The molecular weight excluding hydrogens is 383 g/mol. The number of amides is 1. The van der Waals surface area contributed by atoms with Gasteiger partial charge < -0.3 is 5.32 Å². The minimum absolute atomic E-state index is 0.356. The highest BCUT2D eigenvalue weighted by atomic mass is 35.5. The van der Waals surface area contributed by atoms with E-state index in [1.807, 2.05) is 19.9 Å².